The maximum atomic E-state index is 9.99. The number of aromatic hydroxyl groups is 2. The molecule has 1 aliphatic rings. The fourth-order valence-electron chi connectivity index (χ4n) is 2.30. The molecule has 3 heteroatoms. The van der Waals surface area contributed by atoms with E-state index in [1.165, 1.54) is 0 Å². The Labute approximate surface area is 89.5 Å². The zero-order chi connectivity index (χ0) is 11.1. The van der Waals surface area contributed by atoms with Crippen LogP contribution >= 0.6 is 0 Å². The van der Waals surface area contributed by atoms with Gasteiger partial charge in [0.25, 0.3) is 0 Å². The molecule has 0 radical (unpaired) electrons. The molecule has 82 valence electrons. The van der Waals surface area contributed by atoms with Crippen LogP contribution in [-0.4, -0.2) is 16.8 Å². The Balaban J connectivity index is 2.49. The molecule has 1 saturated carbocycles. The van der Waals surface area contributed by atoms with Crippen LogP contribution in [0.2, 0.25) is 0 Å². The summed E-state index contributed by atoms with van der Waals surface area (Å²) in [6.45, 7) is 2.28. The van der Waals surface area contributed by atoms with Crippen molar-refractivity contribution in [2.45, 2.75) is 31.6 Å². The number of nitrogens with two attached hydrogens (primary N) is 1. The average Bonchev–Trinajstić information content (AvgIpc) is 2.17. The number of hydrogen-bond acceptors (Lipinski definition) is 3. The van der Waals surface area contributed by atoms with Gasteiger partial charge in [0.05, 0.1) is 0 Å². The van der Waals surface area contributed by atoms with Crippen molar-refractivity contribution in [3.05, 3.63) is 23.3 Å². The third-order valence-corrected chi connectivity index (χ3v) is 3.68. The highest BCUT2D eigenvalue weighted by Gasteiger charge is 2.39. The average molecular weight is 207 g/mol. The number of benzene rings is 1. The van der Waals surface area contributed by atoms with Crippen LogP contribution in [0, 0.1) is 6.92 Å². The monoisotopic (exact) mass is 207 g/mol. The minimum absolute atomic E-state index is 0.0530. The van der Waals surface area contributed by atoms with Gasteiger partial charge in [0, 0.05) is 23.1 Å². The van der Waals surface area contributed by atoms with Gasteiger partial charge in [-0.3, -0.25) is 0 Å². The Bertz CT molecular complexity index is 378. The Morgan fingerprint density at radius 3 is 2.47 bits per heavy atom. The normalized spacial score (nSPS) is 18.5. The highest BCUT2D eigenvalue weighted by atomic mass is 16.3. The molecule has 0 bridgehead atoms. The minimum atomic E-state index is -0.0530. The van der Waals surface area contributed by atoms with E-state index in [-0.39, 0.29) is 16.9 Å². The van der Waals surface area contributed by atoms with E-state index in [0.717, 1.165) is 24.8 Å². The van der Waals surface area contributed by atoms with Crippen LogP contribution in [0.5, 0.6) is 11.5 Å². The maximum Gasteiger partial charge on any atom is 0.125 e. The van der Waals surface area contributed by atoms with Crippen LogP contribution < -0.4 is 5.73 Å². The molecule has 1 aliphatic carbocycles. The number of hydrogen-bond donors (Lipinski definition) is 3. The Kier molecular flexibility index (Phi) is 2.35. The topological polar surface area (TPSA) is 66.5 Å². The van der Waals surface area contributed by atoms with Crippen molar-refractivity contribution >= 4 is 0 Å². The lowest BCUT2D eigenvalue weighted by molar-refractivity contribution is 0.244. The lowest BCUT2D eigenvalue weighted by atomic mass is 9.64. The number of phenolic OH excluding ortho intramolecular Hbond substituents is 2. The summed E-state index contributed by atoms with van der Waals surface area (Å²) in [7, 11) is 0. The van der Waals surface area contributed by atoms with Gasteiger partial charge in [-0.1, -0.05) is 12.5 Å². The summed E-state index contributed by atoms with van der Waals surface area (Å²) in [6, 6.07) is 3.43. The molecular formula is C12H17NO2. The molecule has 0 saturated heterocycles. The van der Waals surface area contributed by atoms with Crippen molar-refractivity contribution in [1.82, 2.24) is 0 Å². The predicted molar refractivity (Wildman–Crippen MR) is 59.1 cm³/mol. The van der Waals surface area contributed by atoms with Crippen LogP contribution in [0.4, 0.5) is 0 Å². The molecule has 1 fully saturated rings. The van der Waals surface area contributed by atoms with Crippen molar-refractivity contribution in [2.75, 3.05) is 6.54 Å². The second-order valence-electron chi connectivity index (χ2n) is 4.44. The van der Waals surface area contributed by atoms with E-state index >= 15 is 0 Å². The molecule has 1 aromatic carbocycles. The molecule has 0 aromatic heterocycles. The molecule has 0 amide bonds. The first kappa shape index (κ1) is 10.3. The summed E-state index contributed by atoms with van der Waals surface area (Å²) < 4.78 is 0. The fraction of sp³-hybridized carbons (Fsp3) is 0.500. The molecular weight excluding hydrogens is 190 g/mol. The van der Waals surface area contributed by atoms with Crippen LogP contribution in [0.3, 0.4) is 0 Å². The minimum Gasteiger partial charge on any atom is -0.508 e. The molecule has 0 aliphatic heterocycles. The van der Waals surface area contributed by atoms with Crippen LogP contribution in [0.1, 0.15) is 30.4 Å². The van der Waals surface area contributed by atoms with Gasteiger partial charge in [-0.15, -0.1) is 0 Å². The van der Waals surface area contributed by atoms with E-state index in [4.69, 9.17) is 5.73 Å². The first-order valence-electron chi connectivity index (χ1n) is 5.33. The number of rotatable bonds is 2. The smallest absolute Gasteiger partial charge is 0.125 e. The van der Waals surface area contributed by atoms with Crippen LogP contribution in [-0.2, 0) is 5.41 Å². The van der Waals surface area contributed by atoms with Crippen molar-refractivity contribution < 1.29 is 10.2 Å². The molecule has 0 spiro atoms. The summed E-state index contributed by atoms with van der Waals surface area (Å²) in [6.07, 6.45) is 3.22. The van der Waals surface area contributed by atoms with Gasteiger partial charge < -0.3 is 15.9 Å². The third kappa shape index (κ3) is 1.38. The molecule has 4 N–H and O–H groups in total. The Morgan fingerprint density at radius 2 is 2.00 bits per heavy atom. The SMILES string of the molecule is Cc1c(O)ccc(C2(CN)CCC2)c1O. The quantitative estimate of drug-likeness (QED) is 0.692. The predicted octanol–water partition coefficient (Wildman–Crippen LogP) is 1.79. The molecule has 3 nitrogen and oxygen atoms in total. The summed E-state index contributed by atoms with van der Waals surface area (Å²) in [5.41, 5.74) is 7.17. The van der Waals surface area contributed by atoms with E-state index in [1.807, 2.05) is 0 Å². The Morgan fingerprint density at radius 1 is 1.33 bits per heavy atom. The van der Waals surface area contributed by atoms with Gasteiger partial charge in [0.2, 0.25) is 0 Å². The molecule has 0 heterocycles. The maximum absolute atomic E-state index is 9.99. The van der Waals surface area contributed by atoms with E-state index in [1.54, 1.807) is 19.1 Å². The van der Waals surface area contributed by atoms with Crippen LogP contribution in [0.25, 0.3) is 0 Å². The van der Waals surface area contributed by atoms with Gasteiger partial charge in [0.1, 0.15) is 11.5 Å². The van der Waals surface area contributed by atoms with Gasteiger partial charge in [-0.2, -0.15) is 0 Å². The first-order chi connectivity index (χ1) is 7.10. The molecule has 2 rings (SSSR count). The largest absolute Gasteiger partial charge is 0.508 e. The molecule has 15 heavy (non-hydrogen) atoms. The van der Waals surface area contributed by atoms with E-state index in [9.17, 15) is 10.2 Å². The molecule has 0 unspecified atom stereocenters. The molecule has 1 aromatic rings. The van der Waals surface area contributed by atoms with E-state index in [2.05, 4.69) is 0 Å². The van der Waals surface area contributed by atoms with Gasteiger partial charge in [-0.05, 0) is 25.8 Å². The summed E-state index contributed by atoms with van der Waals surface area (Å²) in [5, 5.41) is 19.5. The summed E-state index contributed by atoms with van der Waals surface area (Å²) in [5.74, 6) is 0.350. The van der Waals surface area contributed by atoms with Gasteiger partial charge >= 0.3 is 0 Å². The standard InChI is InChI=1S/C12H17NO2/c1-8-10(14)4-3-9(11(8)15)12(7-13)5-2-6-12/h3-4,14-15H,2,5-7,13H2,1H3. The van der Waals surface area contributed by atoms with Crippen molar-refractivity contribution in [1.29, 1.82) is 0 Å². The van der Waals surface area contributed by atoms with Crippen molar-refractivity contribution in [3.8, 4) is 11.5 Å². The first-order valence-corrected chi connectivity index (χ1v) is 5.33. The van der Waals surface area contributed by atoms with Gasteiger partial charge in [-0.25, -0.2) is 0 Å². The zero-order valence-electron chi connectivity index (χ0n) is 8.95. The van der Waals surface area contributed by atoms with Crippen LogP contribution in [0.15, 0.2) is 12.1 Å². The second-order valence-corrected chi connectivity index (χ2v) is 4.44. The highest BCUT2D eigenvalue weighted by molar-refractivity contribution is 5.51. The molecule has 0 atom stereocenters. The second kappa shape index (κ2) is 3.42. The fourth-order valence-corrected chi connectivity index (χ4v) is 2.30. The van der Waals surface area contributed by atoms with Crippen molar-refractivity contribution in [2.24, 2.45) is 5.73 Å². The third-order valence-electron chi connectivity index (χ3n) is 3.68. The summed E-state index contributed by atoms with van der Waals surface area (Å²) in [4.78, 5) is 0. The Hall–Kier alpha value is -1.22. The lowest BCUT2D eigenvalue weighted by Gasteiger charge is -2.42. The van der Waals surface area contributed by atoms with E-state index in [0.29, 0.717) is 12.1 Å². The lowest BCUT2D eigenvalue weighted by Crippen LogP contribution is -2.41. The van der Waals surface area contributed by atoms with E-state index < -0.39 is 0 Å². The van der Waals surface area contributed by atoms with Gasteiger partial charge in [0.15, 0.2) is 0 Å². The number of phenols is 2. The van der Waals surface area contributed by atoms with Crippen molar-refractivity contribution in [3.63, 3.8) is 0 Å². The highest BCUT2D eigenvalue weighted by Crippen LogP contribution is 2.47. The zero-order valence-corrected chi connectivity index (χ0v) is 8.95. The summed E-state index contributed by atoms with van der Waals surface area (Å²) >= 11 is 0.